The molecule has 2 aromatic rings. The van der Waals surface area contributed by atoms with E-state index in [-0.39, 0.29) is 21.3 Å². The van der Waals surface area contributed by atoms with Crippen LogP contribution in [0.2, 0.25) is 5.02 Å². The van der Waals surface area contributed by atoms with Crippen molar-refractivity contribution >= 4 is 27.4 Å². The molecule has 20 heavy (non-hydrogen) atoms. The van der Waals surface area contributed by atoms with Gasteiger partial charge in [0.25, 0.3) is 0 Å². The lowest BCUT2D eigenvalue weighted by Gasteiger charge is -2.06. The monoisotopic (exact) mass is 309 g/mol. The molecule has 6 heteroatoms. The van der Waals surface area contributed by atoms with Crippen molar-refractivity contribution in [1.82, 2.24) is 0 Å². The highest BCUT2D eigenvalue weighted by atomic mass is 35.5. The van der Waals surface area contributed by atoms with Gasteiger partial charge in [0.05, 0.1) is 5.02 Å². The van der Waals surface area contributed by atoms with Crippen LogP contribution in [0.1, 0.15) is 21.5 Å². The second-order valence-corrected chi connectivity index (χ2v) is 6.32. The maximum atomic E-state index is 12.3. The quantitative estimate of drug-likeness (QED) is 0.885. The standard InChI is InChI=1S/C14H12ClNO3S/c1-9-2-4-10(5-3-9)14(17)11-6-7-12(15)13(8-11)20(16,18)19/h2-8H,1H3,(H2,16,18,19). The fraction of sp³-hybridized carbons (Fsp3) is 0.0714. The third-order valence-electron chi connectivity index (χ3n) is 2.81. The Hall–Kier alpha value is -1.69. The lowest BCUT2D eigenvalue weighted by Crippen LogP contribution is -2.14. The summed E-state index contributed by atoms with van der Waals surface area (Å²) in [6.07, 6.45) is 0. The number of halogens is 1. The van der Waals surface area contributed by atoms with Gasteiger partial charge in [-0.05, 0) is 25.1 Å². The number of primary sulfonamides is 1. The summed E-state index contributed by atoms with van der Waals surface area (Å²) in [5, 5.41) is 5.06. The Balaban J connectivity index is 2.49. The average molecular weight is 310 g/mol. The first-order chi connectivity index (χ1) is 9.29. The molecule has 0 heterocycles. The molecular formula is C14H12ClNO3S. The van der Waals surface area contributed by atoms with Gasteiger partial charge in [-0.3, -0.25) is 4.79 Å². The second-order valence-electron chi connectivity index (χ2n) is 4.39. The molecule has 2 aromatic carbocycles. The van der Waals surface area contributed by atoms with Gasteiger partial charge < -0.3 is 0 Å². The molecule has 0 amide bonds. The second kappa shape index (κ2) is 5.36. The number of benzene rings is 2. The zero-order valence-corrected chi connectivity index (χ0v) is 12.2. The normalized spacial score (nSPS) is 11.3. The molecule has 2 N–H and O–H groups in total. The number of hydrogen-bond acceptors (Lipinski definition) is 3. The number of hydrogen-bond donors (Lipinski definition) is 1. The molecule has 104 valence electrons. The summed E-state index contributed by atoms with van der Waals surface area (Å²) >= 11 is 5.78. The topological polar surface area (TPSA) is 77.2 Å². The molecular weight excluding hydrogens is 298 g/mol. The smallest absolute Gasteiger partial charge is 0.239 e. The minimum Gasteiger partial charge on any atom is -0.289 e. The summed E-state index contributed by atoms with van der Waals surface area (Å²) < 4.78 is 22.8. The van der Waals surface area contributed by atoms with E-state index in [2.05, 4.69) is 0 Å². The van der Waals surface area contributed by atoms with Crippen LogP contribution in [0.4, 0.5) is 0 Å². The van der Waals surface area contributed by atoms with Crippen molar-refractivity contribution in [2.75, 3.05) is 0 Å². The van der Waals surface area contributed by atoms with Crippen molar-refractivity contribution < 1.29 is 13.2 Å². The number of carbonyl (C=O) groups excluding carboxylic acids is 1. The van der Waals surface area contributed by atoms with Gasteiger partial charge in [-0.2, -0.15) is 0 Å². The molecule has 0 saturated heterocycles. The molecule has 0 spiro atoms. The Labute approximate surface area is 122 Å². The zero-order valence-electron chi connectivity index (χ0n) is 10.6. The zero-order chi connectivity index (χ0) is 14.9. The van der Waals surface area contributed by atoms with E-state index in [1.165, 1.54) is 18.2 Å². The van der Waals surface area contributed by atoms with E-state index in [9.17, 15) is 13.2 Å². The molecule has 0 fully saturated rings. The van der Waals surface area contributed by atoms with E-state index in [1.807, 2.05) is 19.1 Å². The lowest BCUT2D eigenvalue weighted by atomic mass is 10.0. The molecule has 2 rings (SSSR count). The Bertz CT molecular complexity index is 768. The summed E-state index contributed by atoms with van der Waals surface area (Å²) in [5.74, 6) is -0.286. The fourth-order valence-corrected chi connectivity index (χ4v) is 2.81. The molecule has 0 aromatic heterocycles. The predicted molar refractivity (Wildman–Crippen MR) is 77.4 cm³/mol. The van der Waals surface area contributed by atoms with Gasteiger partial charge in [0.15, 0.2) is 5.78 Å². The van der Waals surface area contributed by atoms with Crippen molar-refractivity contribution in [3.8, 4) is 0 Å². The van der Waals surface area contributed by atoms with E-state index < -0.39 is 10.0 Å². The van der Waals surface area contributed by atoms with Crippen molar-refractivity contribution in [2.45, 2.75) is 11.8 Å². The fourth-order valence-electron chi connectivity index (χ4n) is 1.73. The highest BCUT2D eigenvalue weighted by Gasteiger charge is 2.17. The molecule has 0 aliphatic rings. The van der Waals surface area contributed by atoms with Crippen LogP contribution in [0.5, 0.6) is 0 Å². The van der Waals surface area contributed by atoms with Crippen molar-refractivity contribution in [2.24, 2.45) is 5.14 Å². The number of rotatable bonds is 3. The first-order valence-electron chi connectivity index (χ1n) is 5.73. The maximum absolute atomic E-state index is 12.3. The Morgan fingerprint density at radius 2 is 1.60 bits per heavy atom. The number of aryl methyl sites for hydroxylation is 1. The third kappa shape index (κ3) is 3.07. The molecule has 0 aliphatic heterocycles. The molecule has 0 radical (unpaired) electrons. The highest BCUT2D eigenvalue weighted by Crippen LogP contribution is 2.23. The molecule has 0 aliphatic carbocycles. The third-order valence-corrected chi connectivity index (χ3v) is 4.21. The first-order valence-corrected chi connectivity index (χ1v) is 7.65. The minimum atomic E-state index is -3.96. The van der Waals surface area contributed by atoms with Crippen LogP contribution in [-0.2, 0) is 10.0 Å². The summed E-state index contributed by atoms with van der Waals surface area (Å²) in [6.45, 7) is 1.91. The minimum absolute atomic E-state index is 0.00652. The summed E-state index contributed by atoms with van der Waals surface area (Å²) in [7, 11) is -3.96. The number of nitrogens with two attached hydrogens (primary N) is 1. The van der Waals surface area contributed by atoms with Crippen molar-refractivity contribution in [3.63, 3.8) is 0 Å². The van der Waals surface area contributed by atoms with E-state index >= 15 is 0 Å². The van der Waals surface area contributed by atoms with Gasteiger partial charge in [-0.25, -0.2) is 13.6 Å². The van der Waals surface area contributed by atoms with Crippen LogP contribution in [0.3, 0.4) is 0 Å². The van der Waals surface area contributed by atoms with Crippen LogP contribution >= 0.6 is 11.6 Å². The Morgan fingerprint density at radius 3 is 2.15 bits per heavy atom. The maximum Gasteiger partial charge on any atom is 0.239 e. The van der Waals surface area contributed by atoms with Crippen molar-refractivity contribution in [1.29, 1.82) is 0 Å². The SMILES string of the molecule is Cc1ccc(C(=O)c2ccc(Cl)c(S(N)(=O)=O)c2)cc1. The van der Waals surface area contributed by atoms with Crippen molar-refractivity contribution in [3.05, 3.63) is 64.2 Å². The van der Waals surface area contributed by atoms with Gasteiger partial charge in [0.2, 0.25) is 10.0 Å². The number of sulfonamides is 1. The Morgan fingerprint density at radius 1 is 1.05 bits per heavy atom. The summed E-state index contributed by atoms with van der Waals surface area (Å²) in [6, 6.07) is 11.0. The van der Waals surface area contributed by atoms with E-state index in [1.54, 1.807) is 12.1 Å². The van der Waals surface area contributed by atoms with Gasteiger partial charge >= 0.3 is 0 Å². The number of ketones is 1. The van der Waals surface area contributed by atoms with E-state index in [0.717, 1.165) is 5.56 Å². The Kier molecular flexibility index (Phi) is 3.94. The average Bonchev–Trinajstić information content (AvgIpc) is 2.38. The van der Waals surface area contributed by atoms with Crippen LogP contribution < -0.4 is 5.14 Å². The summed E-state index contributed by atoms with van der Waals surface area (Å²) in [4.78, 5) is 12.0. The van der Waals surface area contributed by atoms with E-state index in [0.29, 0.717) is 5.56 Å². The summed E-state index contributed by atoms with van der Waals surface area (Å²) in [5.41, 5.74) is 1.73. The lowest BCUT2D eigenvalue weighted by molar-refractivity contribution is 0.103. The highest BCUT2D eigenvalue weighted by molar-refractivity contribution is 7.89. The molecule has 0 unspecified atom stereocenters. The largest absolute Gasteiger partial charge is 0.289 e. The van der Waals surface area contributed by atoms with E-state index in [4.69, 9.17) is 16.7 Å². The molecule has 0 bridgehead atoms. The van der Waals surface area contributed by atoms with Gasteiger partial charge in [0.1, 0.15) is 4.90 Å². The number of carbonyl (C=O) groups is 1. The predicted octanol–water partition coefficient (Wildman–Crippen LogP) is 2.53. The van der Waals surface area contributed by atoms with Gasteiger partial charge in [-0.15, -0.1) is 0 Å². The first kappa shape index (κ1) is 14.7. The molecule has 0 saturated carbocycles. The van der Waals surface area contributed by atoms with Crippen LogP contribution in [-0.4, -0.2) is 14.2 Å². The van der Waals surface area contributed by atoms with Crippen LogP contribution in [0, 0.1) is 6.92 Å². The molecule has 0 atom stereocenters. The van der Waals surface area contributed by atoms with Gasteiger partial charge in [-0.1, -0.05) is 41.4 Å². The van der Waals surface area contributed by atoms with Crippen LogP contribution in [0.15, 0.2) is 47.4 Å². The van der Waals surface area contributed by atoms with Crippen LogP contribution in [0.25, 0.3) is 0 Å². The molecule has 4 nitrogen and oxygen atoms in total. The van der Waals surface area contributed by atoms with Gasteiger partial charge in [0, 0.05) is 11.1 Å².